The number of hydrogen-bond donors (Lipinski definition) is 0. The van der Waals surface area contributed by atoms with E-state index in [1.54, 1.807) is 36.1 Å². The third-order valence-electron chi connectivity index (χ3n) is 5.15. The number of rotatable bonds is 7. The minimum Gasteiger partial charge on any atom is -0.493 e. The van der Waals surface area contributed by atoms with Crippen LogP contribution in [-0.4, -0.2) is 31.1 Å². The van der Waals surface area contributed by atoms with Crippen molar-refractivity contribution in [3.05, 3.63) is 59.2 Å². The van der Waals surface area contributed by atoms with Crippen molar-refractivity contribution < 1.29 is 27.4 Å². The van der Waals surface area contributed by atoms with Gasteiger partial charge in [-0.05, 0) is 55.2 Å². The van der Waals surface area contributed by atoms with Crippen molar-refractivity contribution in [1.82, 2.24) is 4.90 Å². The first-order valence-corrected chi connectivity index (χ1v) is 9.43. The summed E-state index contributed by atoms with van der Waals surface area (Å²) in [6.45, 7) is 1.78. The molecule has 0 heterocycles. The largest absolute Gasteiger partial charge is 0.493 e. The van der Waals surface area contributed by atoms with E-state index in [0.29, 0.717) is 17.1 Å². The Kier molecular flexibility index (Phi) is 6.05. The Bertz CT molecular complexity index is 878. The highest BCUT2D eigenvalue weighted by atomic mass is 19.4. The second-order valence-corrected chi connectivity index (χ2v) is 7.20. The first-order valence-electron chi connectivity index (χ1n) is 9.43. The van der Waals surface area contributed by atoms with Crippen LogP contribution < -0.4 is 9.47 Å². The zero-order chi connectivity index (χ0) is 21.2. The number of benzene rings is 2. The number of halogens is 3. The molecule has 0 N–H and O–H groups in total. The maximum atomic E-state index is 13.1. The van der Waals surface area contributed by atoms with Crippen molar-refractivity contribution in [2.24, 2.45) is 0 Å². The highest BCUT2D eigenvalue weighted by molar-refractivity contribution is 5.80. The topological polar surface area (TPSA) is 38.8 Å². The number of methoxy groups -OCH3 is 2. The lowest BCUT2D eigenvalue weighted by Gasteiger charge is -2.30. The average Bonchev–Trinajstić information content (AvgIpc) is 3.52. The third-order valence-corrected chi connectivity index (χ3v) is 5.15. The van der Waals surface area contributed by atoms with Crippen LogP contribution in [0.2, 0.25) is 0 Å². The summed E-state index contributed by atoms with van der Waals surface area (Å²) >= 11 is 0. The lowest BCUT2D eigenvalue weighted by molar-refractivity contribution is -0.137. The quantitative estimate of drug-likeness (QED) is 0.647. The molecule has 2 aromatic carbocycles. The number of carbonyl (C=O) groups is 1. The molecule has 7 heteroatoms. The number of carbonyl (C=O) groups excluding carboxylic acids is 1. The SMILES string of the molecule is COc1ccc(CC(=O)N(C2CC2)[C@@H](C)c2cccc(C(F)(F)F)c2)cc1OC. The average molecular weight is 407 g/mol. The summed E-state index contributed by atoms with van der Waals surface area (Å²) in [6, 6.07) is 10.1. The Labute approximate surface area is 168 Å². The van der Waals surface area contributed by atoms with Crippen LogP contribution in [-0.2, 0) is 17.4 Å². The van der Waals surface area contributed by atoms with Crippen molar-refractivity contribution in [2.75, 3.05) is 14.2 Å². The number of ether oxygens (including phenoxy) is 2. The highest BCUT2D eigenvalue weighted by Gasteiger charge is 2.37. The Hall–Kier alpha value is -2.70. The van der Waals surface area contributed by atoms with E-state index < -0.39 is 17.8 Å². The molecule has 1 fully saturated rings. The molecule has 0 unspecified atom stereocenters. The van der Waals surface area contributed by atoms with Crippen LogP contribution in [0, 0.1) is 0 Å². The van der Waals surface area contributed by atoms with Crippen LogP contribution in [0.3, 0.4) is 0 Å². The van der Waals surface area contributed by atoms with Crippen molar-refractivity contribution in [3.8, 4) is 11.5 Å². The molecular weight excluding hydrogens is 383 g/mol. The van der Waals surface area contributed by atoms with Crippen molar-refractivity contribution in [1.29, 1.82) is 0 Å². The van der Waals surface area contributed by atoms with Gasteiger partial charge in [-0.15, -0.1) is 0 Å². The number of alkyl halides is 3. The van der Waals surface area contributed by atoms with Crippen LogP contribution in [0.25, 0.3) is 0 Å². The van der Waals surface area contributed by atoms with Crippen LogP contribution in [0.4, 0.5) is 13.2 Å². The molecule has 0 aromatic heterocycles. The summed E-state index contributed by atoms with van der Waals surface area (Å²) in [5, 5.41) is 0. The molecule has 2 aromatic rings. The van der Waals surface area contributed by atoms with E-state index in [1.807, 2.05) is 0 Å². The lowest BCUT2D eigenvalue weighted by Crippen LogP contribution is -2.36. The summed E-state index contributed by atoms with van der Waals surface area (Å²) in [5.41, 5.74) is 0.534. The minimum atomic E-state index is -4.41. The Morgan fingerprint density at radius 3 is 2.38 bits per heavy atom. The summed E-state index contributed by atoms with van der Waals surface area (Å²) in [5.74, 6) is 0.978. The normalized spacial score (nSPS) is 15.0. The summed E-state index contributed by atoms with van der Waals surface area (Å²) < 4.78 is 49.7. The number of hydrogen-bond acceptors (Lipinski definition) is 3. The molecule has 156 valence electrons. The molecule has 1 amide bonds. The van der Waals surface area contributed by atoms with Gasteiger partial charge in [-0.2, -0.15) is 13.2 Å². The van der Waals surface area contributed by atoms with Gasteiger partial charge in [0.05, 0.1) is 32.2 Å². The smallest absolute Gasteiger partial charge is 0.416 e. The van der Waals surface area contributed by atoms with Gasteiger partial charge >= 0.3 is 6.18 Å². The molecule has 0 spiro atoms. The first-order chi connectivity index (χ1) is 13.7. The number of nitrogens with zero attached hydrogens (tertiary/aromatic N) is 1. The molecular formula is C22H24F3NO3. The van der Waals surface area contributed by atoms with Crippen LogP contribution in [0.5, 0.6) is 11.5 Å². The van der Waals surface area contributed by atoms with Crippen molar-refractivity contribution >= 4 is 5.91 Å². The highest BCUT2D eigenvalue weighted by Crippen LogP contribution is 2.37. The standard InChI is InChI=1S/C22H24F3NO3/c1-14(16-5-4-6-17(13-16)22(23,24)25)26(18-8-9-18)21(27)12-15-7-10-19(28-2)20(11-15)29-3/h4-7,10-11,13-14,18H,8-9,12H2,1-3H3/t14-/m0/s1. The van der Waals surface area contributed by atoms with Gasteiger partial charge in [0.15, 0.2) is 11.5 Å². The second-order valence-electron chi connectivity index (χ2n) is 7.20. The maximum absolute atomic E-state index is 13.1. The fourth-order valence-electron chi connectivity index (χ4n) is 3.48. The predicted octanol–water partition coefficient (Wildman–Crippen LogP) is 5.02. The molecule has 0 radical (unpaired) electrons. The third kappa shape index (κ3) is 4.83. The lowest BCUT2D eigenvalue weighted by atomic mass is 10.0. The molecule has 4 nitrogen and oxygen atoms in total. The van der Waals surface area contributed by atoms with Crippen molar-refractivity contribution in [3.63, 3.8) is 0 Å². The van der Waals surface area contributed by atoms with Gasteiger partial charge < -0.3 is 14.4 Å². The van der Waals surface area contributed by atoms with Crippen molar-refractivity contribution in [2.45, 2.75) is 44.4 Å². The van der Waals surface area contributed by atoms with Gasteiger partial charge in [0.1, 0.15) is 0 Å². The Morgan fingerprint density at radius 2 is 1.79 bits per heavy atom. The molecule has 29 heavy (non-hydrogen) atoms. The zero-order valence-electron chi connectivity index (χ0n) is 16.6. The summed E-state index contributed by atoms with van der Waals surface area (Å²) in [7, 11) is 3.06. The van der Waals surface area contributed by atoms with Gasteiger partial charge in [0.25, 0.3) is 0 Å². The first kappa shape index (κ1) is 21.0. The molecule has 0 saturated heterocycles. The monoisotopic (exact) mass is 407 g/mol. The molecule has 0 bridgehead atoms. The fraction of sp³-hybridized carbons (Fsp3) is 0.409. The second kappa shape index (κ2) is 8.35. The molecule has 1 atom stereocenters. The van der Waals surface area contributed by atoms with E-state index in [4.69, 9.17) is 9.47 Å². The van der Waals surface area contributed by atoms with Gasteiger partial charge in [-0.1, -0.05) is 18.2 Å². The fourth-order valence-corrected chi connectivity index (χ4v) is 3.48. The molecule has 1 aliphatic rings. The molecule has 1 saturated carbocycles. The molecule has 1 aliphatic carbocycles. The summed E-state index contributed by atoms with van der Waals surface area (Å²) in [6.07, 6.45) is -2.55. The van der Waals surface area contributed by atoms with Gasteiger partial charge in [0, 0.05) is 6.04 Å². The zero-order valence-corrected chi connectivity index (χ0v) is 16.6. The van der Waals surface area contributed by atoms with E-state index in [1.165, 1.54) is 20.3 Å². The van der Waals surface area contributed by atoms with E-state index in [9.17, 15) is 18.0 Å². The van der Waals surface area contributed by atoms with Crippen LogP contribution in [0.1, 0.15) is 42.5 Å². The molecule has 0 aliphatic heterocycles. The summed E-state index contributed by atoms with van der Waals surface area (Å²) in [4.78, 5) is 14.8. The minimum absolute atomic E-state index is 0.0622. The van der Waals surface area contributed by atoms with Crippen LogP contribution >= 0.6 is 0 Å². The van der Waals surface area contributed by atoms with E-state index in [-0.39, 0.29) is 18.4 Å². The maximum Gasteiger partial charge on any atom is 0.416 e. The van der Waals surface area contributed by atoms with Gasteiger partial charge in [-0.25, -0.2) is 0 Å². The van der Waals surface area contributed by atoms with Gasteiger partial charge in [0.2, 0.25) is 5.91 Å². The Balaban J connectivity index is 1.82. The van der Waals surface area contributed by atoms with E-state index in [2.05, 4.69) is 0 Å². The van der Waals surface area contributed by atoms with Crippen LogP contribution in [0.15, 0.2) is 42.5 Å². The molecule has 3 rings (SSSR count). The number of amides is 1. The van der Waals surface area contributed by atoms with Gasteiger partial charge in [-0.3, -0.25) is 4.79 Å². The predicted molar refractivity (Wildman–Crippen MR) is 103 cm³/mol. The Morgan fingerprint density at radius 1 is 1.10 bits per heavy atom. The van der Waals surface area contributed by atoms with E-state index >= 15 is 0 Å². The van der Waals surface area contributed by atoms with E-state index in [0.717, 1.165) is 30.5 Å².